The first kappa shape index (κ1) is 57.5. The lowest BCUT2D eigenvalue weighted by molar-refractivity contribution is -0.147. The van der Waals surface area contributed by atoms with Crippen LogP contribution in [0.15, 0.2) is 24.3 Å². The summed E-state index contributed by atoms with van der Waals surface area (Å²) < 4.78 is 27.0. The van der Waals surface area contributed by atoms with Crippen molar-refractivity contribution >= 4 is 19.7 Å². The van der Waals surface area contributed by atoms with Crippen molar-refractivity contribution in [3.05, 3.63) is 24.3 Å². The van der Waals surface area contributed by atoms with Crippen LogP contribution in [0.1, 0.15) is 245 Å². The maximum Gasteiger partial charge on any atom is 0.472 e. The predicted molar refractivity (Wildman–Crippen MR) is 248 cm³/mol. The second kappa shape index (κ2) is 46.0. The number of rotatable bonds is 47. The van der Waals surface area contributed by atoms with Gasteiger partial charge >= 0.3 is 13.8 Å². The van der Waals surface area contributed by atoms with Crippen LogP contribution in [0.4, 0.5) is 0 Å². The number of aliphatic hydroxyl groups excluding tert-OH is 1. The van der Waals surface area contributed by atoms with Crippen LogP contribution in [0.25, 0.3) is 0 Å². The number of carbonyl (C=O) groups is 2. The number of phosphoric ester groups is 1. The molecule has 59 heavy (non-hydrogen) atoms. The third kappa shape index (κ3) is 47.4. The second-order valence-corrected chi connectivity index (χ2v) is 18.2. The van der Waals surface area contributed by atoms with Gasteiger partial charge in [0.25, 0.3) is 0 Å². The van der Waals surface area contributed by atoms with Gasteiger partial charge < -0.3 is 20.1 Å². The lowest BCUT2D eigenvalue weighted by Crippen LogP contribution is -2.27. The van der Waals surface area contributed by atoms with Gasteiger partial charge in [0.2, 0.25) is 5.91 Å². The molecule has 0 aliphatic heterocycles. The predicted octanol–water partition coefficient (Wildman–Crippen LogP) is 14.3. The fourth-order valence-electron chi connectivity index (χ4n) is 7.08. The quantitative estimate of drug-likeness (QED) is 0.0239. The second-order valence-electron chi connectivity index (χ2n) is 16.8. The Labute approximate surface area is 363 Å². The molecule has 0 fully saturated rings. The summed E-state index contributed by atoms with van der Waals surface area (Å²) in [6.07, 6.45) is 51.1. The molecule has 0 aromatic rings. The van der Waals surface area contributed by atoms with Crippen molar-refractivity contribution in [2.45, 2.75) is 251 Å². The molecule has 0 saturated carbocycles. The standard InChI is InChI=1S/C49H94NO8P/c1-3-5-7-9-11-13-15-17-19-21-22-23-24-26-28-30-32-34-36-38-40-42-49(53)56-45-47(51)46-58-59(54,55)57-44-43-50-48(52)41-39-37-35-33-31-29-27-25-20-18-16-14-12-10-8-6-4-2/h17-20,47,51H,3-16,21-46H2,1-2H3,(H,50,52)(H,54,55)/b19-17+,20-18-. The number of nitrogens with one attached hydrogen (secondary N) is 1. The SMILES string of the molecule is CCCCCCCC/C=C\CCCCCCCCCC(=O)NCCOP(=O)(O)OCC(O)COC(=O)CCCCCCCCCCCCC/C=C/CCCCCCCC. The van der Waals surface area contributed by atoms with E-state index in [2.05, 4.69) is 43.5 Å². The van der Waals surface area contributed by atoms with Gasteiger partial charge in [0.15, 0.2) is 0 Å². The van der Waals surface area contributed by atoms with Crippen LogP contribution in [0.3, 0.4) is 0 Å². The zero-order valence-electron chi connectivity index (χ0n) is 38.5. The molecule has 0 rings (SSSR count). The van der Waals surface area contributed by atoms with Gasteiger partial charge in [-0.2, -0.15) is 0 Å². The minimum atomic E-state index is -4.42. The molecule has 0 radical (unpaired) electrons. The summed E-state index contributed by atoms with van der Waals surface area (Å²) >= 11 is 0. The molecule has 0 spiro atoms. The zero-order valence-corrected chi connectivity index (χ0v) is 39.4. The summed E-state index contributed by atoms with van der Waals surface area (Å²) in [6.45, 7) is 3.58. The van der Waals surface area contributed by atoms with Gasteiger partial charge in [0.1, 0.15) is 12.7 Å². The van der Waals surface area contributed by atoms with Crippen LogP contribution in [0.5, 0.6) is 0 Å². The van der Waals surface area contributed by atoms with Gasteiger partial charge in [-0.15, -0.1) is 0 Å². The lowest BCUT2D eigenvalue weighted by Gasteiger charge is -2.15. The highest BCUT2D eigenvalue weighted by atomic mass is 31.2. The number of aliphatic hydroxyl groups is 1. The molecule has 0 aromatic heterocycles. The Morgan fingerprint density at radius 3 is 1.27 bits per heavy atom. The average Bonchev–Trinajstić information content (AvgIpc) is 3.22. The third-order valence-corrected chi connectivity index (χ3v) is 11.8. The van der Waals surface area contributed by atoms with E-state index in [0.29, 0.717) is 6.42 Å². The van der Waals surface area contributed by atoms with Crippen molar-refractivity contribution in [3.8, 4) is 0 Å². The Morgan fingerprint density at radius 1 is 0.508 bits per heavy atom. The van der Waals surface area contributed by atoms with E-state index in [0.717, 1.165) is 38.5 Å². The zero-order chi connectivity index (χ0) is 43.2. The molecule has 0 bridgehead atoms. The molecule has 0 aliphatic carbocycles. The molecule has 9 nitrogen and oxygen atoms in total. The van der Waals surface area contributed by atoms with Gasteiger partial charge in [0, 0.05) is 19.4 Å². The minimum Gasteiger partial charge on any atom is -0.463 e. The number of ether oxygens (including phenoxy) is 1. The molecule has 3 N–H and O–H groups in total. The van der Waals surface area contributed by atoms with Crippen LogP contribution in [0.2, 0.25) is 0 Å². The number of unbranched alkanes of at least 4 members (excludes halogenated alkanes) is 30. The third-order valence-electron chi connectivity index (χ3n) is 10.9. The maximum atomic E-state index is 12.1. The Balaban J connectivity index is 3.55. The number of carbonyl (C=O) groups excluding carboxylic acids is 2. The highest BCUT2D eigenvalue weighted by Crippen LogP contribution is 2.42. The molecule has 348 valence electrons. The number of allylic oxidation sites excluding steroid dienone is 4. The van der Waals surface area contributed by atoms with Crippen molar-refractivity contribution in [2.75, 3.05) is 26.4 Å². The first-order chi connectivity index (χ1) is 28.8. The van der Waals surface area contributed by atoms with Crippen LogP contribution in [-0.4, -0.2) is 54.3 Å². The van der Waals surface area contributed by atoms with Crippen molar-refractivity contribution in [1.29, 1.82) is 0 Å². The normalized spacial score (nSPS) is 13.4. The monoisotopic (exact) mass is 856 g/mol. The van der Waals surface area contributed by atoms with E-state index < -0.39 is 26.5 Å². The van der Waals surface area contributed by atoms with Crippen molar-refractivity contribution in [3.63, 3.8) is 0 Å². The van der Waals surface area contributed by atoms with Crippen molar-refractivity contribution < 1.29 is 37.9 Å². The van der Waals surface area contributed by atoms with E-state index >= 15 is 0 Å². The van der Waals surface area contributed by atoms with Gasteiger partial charge in [-0.3, -0.25) is 18.6 Å². The number of hydrogen-bond donors (Lipinski definition) is 3. The summed E-state index contributed by atoms with van der Waals surface area (Å²) in [4.78, 5) is 34.0. The van der Waals surface area contributed by atoms with Crippen LogP contribution in [0, 0.1) is 0 Å². The molecule has 2 atom stereocenters. The Bertz CT molecular complexity index is 1020. The van der Waals surface area contributed by atoms with Crippen LogP contribution >= 0.6 is 7.82 Å². The highest BCUT2D eigenvalue weighted by molar-refractivity contribution is 7.47. The van der Waals surface area contributed by atoms with Gasteiger partial charge in [-0.1, -0.05) is 192 Å². The molecule has 0 aliphatic rings. The molecular formula is C49H94NO8P. The molecule has 0 saturated heterocycles. The highest BCUT2D eigenvalue weighted by Gasteiger charge is 2.23. The molecule has 10 heteroatoms. The summed E-state index contributed by atoms with van der Waals surface area (Å²) in [5.41, 5.74) is 0. The van der Waals surface area contributed by atoms with Crippen LogP contribution in [-0.2, 0) is 27.9 Å². The van der Waals surface area contributed by atoms with Crippen molar-refractivity contribution in [2.24, 2.45) is 0 Å². The van der Waals surface area contributed by atoms with E-state index in [1.807, 2.05) is 0 Å². The number of esters is 1. The lowest BCUT2D eigenvalue weighted by atomic mass is 10.0. The van der Waals surface area contributed by atoms with E-state index in [9.17, 15) is 24.2 Å². The number of amides is 1. The molecule has 0 heterocycles. The first-order valence-corrected chi connectivity index (χ1v) is 26.3. The van der Waals surface area contributed by atoms with Crippen LogP contribution < -0.4 is 5.32 Å². The Morgan fingerprint density at radius 2 is 0.864 bits per heavy atom. The molecule has 2 unspecified atom stereocenters. The molecule has 1 amide bonds. The summed E-state index contributed by atoms with van der Waals surface area (Å²) in [6, 6.07) is 0. The molecular weight excluding hydrogens is 762 g/mol. The topological polar surface area (TPSA) is 131 Å². The number of hydrogen-bond acceptors (Lipinski definition) is 7. The van der Waals surface area contributed by atoms with Gasteiger partial charge in [-0.25, -0.2) is 4.57 Å². The average molecular weight is 856 g/mol. The first-order valence-electron chi connectivity index (χ1n) is 24.8. The van der Waals surface area contributed by atoms with E-state index in [4.69, 9.17) is 13.8 Å². The van der Waals surface area contributed by atoms with Gasteiger partial charge in [-0.05, 0) is 64.2 Å². The minimum absolute atomic E-state index is 0.0815. The fourth-order valence-corrected chi connectivity index (χ4v) is 7.83. The maximum absolute atomic E-state index is 12.1. The fraction of sp³-hybridized carbons (Fsp3) is 0.878. The largest absolute Gasteiger partial charge is 0.472 e. The van der Waals surface area contributed by atoms with E-state index in [-0.39, 0.29) is 32.1 Å². The summed E-state index contributed by atoms with van der Waals surface area (Å²) in [7, 11) is -4.42. The number of phosphoric acid groups is 1. The summed E-state index contributed by atoms with van der Waals surface area (Å²) in [5.74, 6) is -0.513. The molecule has 0 aromatic carbocycles. The van der Waals surface area contributed by atoms with E-state index in [1.54, 1.807) is 0 Å². The smallest absolute Gasteiger partial charge is 0.463 e. The summed E-state index contributed by atoms with van der Waals surface area (Å²) in [5, 5.41) is 12.7. The Kier molecular flexibility index (Phi) is 44.8. The Hall–Kier alpha value is -1.51. The van der Waals surface area contributed by atoms with Gasteiger partial charge in [0.05, 0.1) is 13.2 Å². The van der Waals surface area contributed by atoms with Crippen molar-refractivity contribution in [1.82, 2.24) is 5.32 Å². The van der Waals surface area contributed by atoms with E-state index in [1.165, 1.54) is 180 Å².